The summed E-state index contributed by atoms with van der Waals surface area (Å²) >= 11 is 5.89. The van der Waals surface area contributed by atoms with Crippen LogP contribution in [-0.2, 0) is 11.4 Å². The maximum absolute atomic E-state index is 11.6. The molecular weight excluding hydrogens is 244 g/mol. The van der Waals surface area contributed by atoms with E-state index in [0.717, 1.165) is 0 Å². The van der Waals surface area contributed by atoms with Crippen LogP contribution < -0.4 is 10.2 Å². The molecule has 2 N–H and O–H groups in total. The maximum Gasteiger partial charge on any atom is 0.242 e. The molecule has 7 heteroatoms. The number of hydrogen-bond acceptors (Lipinski definition) is 5. The minimum atomic E-state index is -0.333. The van der Waals surface area contributed by atoms with Gasteiger partial charge in [0.25, 0.3) is 0 Å². The van der Waals surface area contributed by atoms with E-state index in [2.05, 4.69) is 15.3 Å². The largest absolute Gasteiger partial charge is 0.391 e. The molecular formula is C10H13ClN4O2. The highest BCUT2D eigenvalue weighted by atomic mass is 35.5. The number of aliphatic hydroxyl groups is 1. The Morgan fingerprint density at radius 1 is 1.65 bits per heavy atom. The number of halogens is 1. The standard InChI is InChI=1S/C10H13ClN4O2/c1-6-10(17)12-2-3-15(6)9-7(4-16)8(11)13-5-14-9/h5-6,16H,2-4H2,1H3,(H,12,17). The summed E-state index contributed by atoms with van der Waals surface area (Å²) in [6.07, 6.45) is 1.33. The first-order valence-electron chi connectivity index (χ1n) is 5.29. The van der Waals surface area contributed by atoms with E-state index in [0.29, 0.717) is 24.5 Å². The number of aromatic nitrogens is 2. The minimum absolute atomic E-state index is 0.0603. The van der Waals surface area contributed by atoms with Crippen LogP contribution in [0.3, 0.4) is 0 Å². The van der Waals surface area contributed by atoms with E-state index >= 15 is 0 Å². The third-order valence-electron chi connectivity index (χ3n) is 2.80. The zero-order chi connectivity index (χ0) is 12.4. The van der Waals surface area contributed by atoms with E-state index in [1.54, 1.807) is 6.92 Å². The summed E-state index contributed by atoms with van der Waals surface area (Å²) < 4.78 is 0. The second-order valence-corrected chi connectivity index (χ2v) is 4.14. The molecule has 1 aliphatic heterocycles. The van der Waals surface area contributed by atoms with E-state index in [9.17, 15) is 9.90 Å². The Bertz CT molecular complexity index is 440. The van der Waals surface area contributed by atoms with Crippen LogP contribution in [0.2, 0.25) is 5.15 Å². The number of rotatable bonds is 2. The van der Waals surface area contributed by atoms with E-state index in [-0.39, 0.29) is 23.7 Å². The van der Waals surface area contributed by atoms with Gasteiger partial charge < -0.3 is 15.3 Å². The van der Waals surface area contributed by atoms with Crippen molar-refractivity contribution in [1.82, 2.24) is 15.3 Å². The van der Waals surface area contributed by atoms with Crippen LogP contribution in [0.25, 0.3) is 0 Å². The number of carbonyl (C=O) groups is 1. The molecule has 2 heterocycles. The van der Waals surface area contributed by atoms with Gasteiger partial charge in [-0.05, 0) is 6.92 Å². The van der Waals surface area contributed by atoms with Crippen molar-refractivity contribution in [2.75, 3.05) is 18.0 Å². The number of aliphatic hydroxyl groups excluding tert-OH is 1. The molecule has 1 saturated heterocycles. The molecule has 1 aromatic heterocycles. The summed E-state index contributed by atoms with van der Waals surface area (Å²) in [6.45, 7) is 2.72. The maximum atomic E-state index is 11.6. The summed E-state index contributed by atoms with van der Waals surface area (Å²) in [5.74, 6) is 0.463. The van der Waals surface area contributed by atoms with Gasteiger partial charge in [-0.3, -0.25) is 4.79 Å². The molecule has 0 saturated carbocycles. The van der Waals surface area contributed by atoms with Gasteiger partial charge >= 0.3 is 0 Å². The molecule has 1 fully saturated rings. The number of carbonyl (C=O) groups excluding carboxylic acids is 1. The van der Waals surface area contributed by atoms with Gasteiger partial charge in [0.1, 0.15) is 23.3 Å². The summed E-state index contributed by atoms with van der Waals surface area (Å²) in [4.78, 5) is 21.3. The molecule has 0 aromatic carbocycles. The van der Waals surface area contributed by atoms with Crippen molar-refractivity contribution in [1.29, 1.82) is 0 Å². The number of nitrogens with one attached hydrogen (secondary N) is 1. The number of hydrogen-bond donors (Lipinski definition) is 2. The van der Waals surface area contributed by atoms with E-state index in [4.69, 9.17) is 11.6 Å². The van der Waals surface area contributed by atoms with Crippen molar-refractivity contribution < 1.29 is 9.90 Å². The van der Waals surface area contributed by atoms with Crippen LogP contribution in [0, 0.1) is 0 Å². The molecule has 17 heavy (non-hydrogen) atoms. The highest BCUT2D eigenvalue weighted by Gasteiger charge is 2.28. The molecule has 1 unspecified atom stereocenters. The molecule has 6 nitrogen and oxygen atoms in total. The molecule has 92 valence electrons. The van der Waals surface area contributed by atoms with Crippen LogP contribution in [0.15, 0.2) is 6.33 Å². The highest BCUT2D eigenvalue weighted by Crippen LogP contribution is 2.25. The zero-order valence-electron chi connectivity index (χ0n) is 9.35. The first kappa shape index (κ1) is 12.1. The Kier molecular flexibility index (Phi) is 3.44. The smallest absolute Gasteiger partial charge is 0.242 e. The van der Waals surface area contributed by atoms with Gasteiger partial charge in [-0.1, -0.05) is 11.6 Å². The fourth-order valence-corrected chi connectivity index (χ4v) is 2.03. The van der Waals surface area contributed by atoms with Gasteiger partial charge in [-0.15, -0.1) is 0 Å². The van der Waals surface area contributed by atoms with E-state index in [1.807, 2.05) is 4.90 Å². The SMILES string of the molecule is CC1C(=O)NCCN1c1ncnc(Cl)c1CO. The Morgan fingerprint density at radius 2 is 2.41 bits per heavy atom. The predicted octanol–water partition coefficient (Wildman–Crippen LogP) is -0.0530. The summed E-state index contributed by atoms with van der Waals surface area (Å²) in [5.41, 5.74) is 0.454. The average molecular weight is 257 g/mol. The molecule has 0 spiro atoms. The lowest BCUT2D eigenvalue weighted by Crippen LogP contribution is -2.54. The Hall–Kier alpha value is -1.40. The third kappa shape index (κ3) is 2.18. The summed E-state index contributed by atoms with van der Waals surface area (Å²) in [7, 11) is 0. The Labute approximate surface area is 104 Å². The molecule has 1 atom stereocenters. The first-order valence-corrected chi connectivity index (χ1v) is 5.67. The fourth-order valence-electron chi connectivity index (χ4n) is 1.84. The van der Waals surface area contributed by atoms with E-state index in [1.165, 1.54) is 6.33 Å². The second-order valence-electron chi connectivity index (χ2n) is 3.79. The Morgan fingerprint density at radius 3 is 3.12 bits per heavy atom. The summed E-state index contributed by atoms with van der Waals surface area (Å²) in [6, 6.07) is -0.333. The first-order chi connectivity index (χ1) is 8.15. The van der Waals surface area contributed by atoms with Crippen molar-refractivity contribution in [2.24, 2.45) is 0 Å². The fraction of sp³-hybridized carbons (Fsp3) is 0.500. The van der Waals surface area contributed by atoms with Gasteiger partial charge in [-0.2, -0.15) is 0 Å². The second kappa shape index (κ2) is 4.85. The predicted molar refractivity (Wildman–Crippen MR) is 62.8 cm³/mol. The molecule has 1 amide bonds. The van der Waals surface area contributed by atoms with Gasteiger partial charge in [0.2, 0.25) is 5.91 Å². The number of piperazine rings is 1. The molecule has 1 aromatic rings. The third-order valence-corrected chi connectivity index (χ3v) is 3.12. The molecule has 1 aliphatic rings. The van der Waals surface area contributed by atoms with Crippen molar-refractivity contribution in [3.63, 3.8) is 0 Å². The van der Waals surface area contributed by atoms with Crippen LogP contribution >= 0.6 is 11.6 Å². The lowest BCUT2D eigenvalue weighted by molar-refractivity contribution is -0.122. The van der Waals surface area contributed by atoms with Crippen LogP contribution in [0.5, 0.6) is 0 Å². The lowest BCUT2D eigenvalue weighted by Gasteiger charge is -2.34. The average Bonchev–Trinajstić information content (AvgIpc) is 2.32. The molecule has 0 bridgehead atoms. The van der Waals surface area contributed by atoms with E-state index < -0.39 is 0 Å². The lowest BCUT2D eigenvalue weighted by atomic mass is 10.2. The Balaban J connectivity index is 2.39. The van der Waals surface area contributed by atoms with Crippen molar-refractivity contribution in [3.8, 4) is 0 Å². The van der Waals surface area contributed by atoms with Gasteiger partial charge in [0, 0.05) is 13.1 Å². The normalized spacial score (nSPS) is 20.3. The molecule has 0 aliphatic carbocycles. The van der Waals surface area contributed by atoms with Crippen molar-refractivity contribution >= 4 is 23.3 Å². The van der Waals surface area contributed by atoms with Gasteiger partial charge in [0.05, 0.1) is 12.2 Å². The monoisotopic (exact) mass is 256 g/mol. The van der Waals surface area contributed by atoms with Crippen molar-refractivity contribution in [2.45, 2.75) is 19.6 Å². The quantitative estimate of drug-likeness (QED) is 0.726. The van der Waals surface area contributed by atoms with Crippen LogP contribution in [-0.4, -0.2) is 40.1 Å². The minimum Gasteiger partial charge on any atom is -0.391 e. The number of anilines is 1. The van der Waals surface area contributed by atoms with Crippen LogP contribution in [0.1, 0.15) is 12.5 Å². The van der Waals surface area contributed by atoms with Gasteiger partial charge in [0.15, 0.2) is 0 Å². The summed E-state index contributed by atoms with van der Waals surface area (Å²) in [5, 5.41) is 12.3. The number of nitrogens with zero attached hydrogens (tertiary/aromatic N) is 3. The zero-order valence-corrected chi connectivity index (χ0v) is 10.1. The van der Waals surface area contributed by atoms with Gasteiger partial charge in [-0.25, -0.2) is 9.97 Å². The topological polar surface area (TPSA) is 78.4 Å². The van der Waals surface area contributed by atoms with Crippen LogP contribution in [0.4, 0.5) is 5.82 Å². The molecule has 0 radical (unpaired) electrons. The van der Waals surface area contributed by atoms with Crippen molar-refractivity contribution in [3.05, 3.63) is 17.0 Å². The highest BCUT2D eigenvalue weighted by molar-refractivity contribution is 6.30. The molecule has 2 rings (SSSR count). The number of amides is 1.